The van der Waals surface area contributed by atoms with E-state index in [1.54, 1.807) is 34.4 Å². The van der Waals surface area contributed by atoms with Crippen molar-refractivity contribution in [1.29, 1.82) is 0 Å². The van der Waals surface area contributed by atoms with Crippen molar-refractivity contribution in [3.63, 3.8) is 0 Å². The Morgan fingerprint density at radius 3 is 2.64 bits per heavy atom. The van der Waals surface area contributed by atoms with E-state index in [-0.39, 0.29) is 18.0 Å². The van der Waals surface area contributed by atoms with Crippen molar-refractivity contribution < 1.29 is 17.0 Å². The normalized spacial score (nSPS) is 15.7. The lowest BCUT2D eigenvalue weighted by Crippen LogP contribution is -3.00. The molecule has 0 saturated heterocycles. The van der Waals surface area contributed by atoms with Crippen molar-refractivity contribution >= 4 is 51.2 Å². The maximum atomic E-state index is 13.1. The fourth-order valence-electron chi connectivity index (χ4n) is 3.34. The second-order valence-corrected chi connectivity index (χ2v) is 9.31. The van der Waals surface area contributed by atoms with Gasteiger partial charge in [-0.25, -0.2) is 0 Å². The van der Waals surface area contributed by atoms with Crippen molar-refractivity contribution in [3.05, 3.63) is 59.9 Å². The van der Waals surface area contributed by atoms with E-state index in [0.717, 1.165) is 26.5 Å². The number of nitrogens with zero attached hydrogens (tertiary/aromatic N) is 3. The van der Waals surface area contributed by atoms with Gasteiger partial charge in [-0.05, 0) is 26.0 Å². The Balaban J connectivity index is 0.00000225. The summed E-state index contributed by atoms with van der Waals surface area (Å²) in [5, 5.41) is 4.38. The maximum Gasteiger partial charge on any atom is 0.271 e. The molecule has 3 aromatic rings. The quantitative estimate of drug-likeness (QED) is 0.514. The van der Waals surface area contributed by atoms with Crippen LogP contribution in [0.3, 0.4) is 0 Å². The lowest BCUT2D eigenvalue weighted by Gasteiger charge is -2.11. The minimum atomic E-state index is 0. The Bertz CT molecular complexity index is 1190. The molecule has 0 amide bonds. The molecule has 1 aliphatic heterocycles. The molecule has 4 nitrogen and oxygen atoms in total. The van der Waals surface area contributed by atoms with Crippen LogP contribution in [0.2, 0.25) is 0 Å². The van der Waals surface area contributed by atoms with Gasteiger partial charge in [0.25, 0.3) is 10.6 Å². The zero-order chi connectivity index (χ0) is 19.1. The summed E-state index contributed by atoms with van der Waals surface area (Å²) in [6.07, 6.45) is 2.16. The summed E-state index contributed by atoms with van der Waals surface area (Å²) in [5.41, 5.74) is 2.52. The van der Waals surface area contributed by atoms with Gasteiger partial charge in [0.05, 0.1) is 17.1 Å². The number of halogens is 1. The topological polar surface area (TPSA) is 29.1 Å². The van der Waals surface area contributed by atoms with Crippen LogP contribution in [-0.4, -0.2) is 11.6 Å². The summed E-state index contributed by atoms with van der Waals surface area (Å²) >= 11 is 5.01. The average Bonchev–Trinajstić information content (AvgIpc) is 3.29. The monoisotopic (exact) mass is 451 g/mol. The van der Waals surface area contributed by atoms with E-state index in [0.29, 0.717) is 6.54 Å². The van der Waals surface area contributed by atoms with Gasteiger partial charge < -0.3 is 17.3 Å². The zero-order valence-corrected chi connectivity index (χ0v) is 19.4. The highest BCUT2D eigenvalue weighted by Crippen LogP contribution is 2.44. The number of rotatable bonds is 3. The SMILES string of the molecule is CCn1c(=O)/c(=C2/Sc3ccccc3N2C)s/c1=C/c1scc(C)[n+]1CC.[Cl-]. The molecular weight excluding hydrogens is 430 g/mol. The third kappa shape index (κ3) is 3.45. The lowest BCUT2D eigenvalue weighted by molar-refractivity contribution is -0.696. The summed E-state index contributed by atoms with van der Waals surface area (Å²) < 4.78 is 6.01. The van der Waals surface area contributed by atoms with Gasteiger partial charge in [0.2, 0.25) is 0 Å². The van der Waals surface area contributed by atoms with Gasteiger partial charge in [-0.2, -0.15) is 4.57 Å². The maximum absolute atomic E-state index is 13.1. The van der Waals surface area contributed by atoms with Gasteiger partial charge in [0, 0.05) is 25.4 Å². The summed E-state index contributed by atoms with van der Waals surface area (Å²) in [5.74, 6) is 0. The first-order valence-electron chi connectivity index (χ1n) is 8.99. The molecule has 28 heavy (non-hydrogen) atoms. The average molecular weight is 452 g/mol. The lowest BCUT2D eigenvalue weighted by atomic mass is 10.3. The molecule has 8 heteroatoms. The number of hydrogen-bond acceptors (Lipinski definition) is 5. The highest BCUT2D eigenvalue weighted by molar-refractivity contribution is 8.08. The molecule has 1 aliphatic rings. The minimum Gasteiger partial charge on any atom is -1.00 e. The minimum absolute atomic E-state index is 0. The third-order valence-corrected chi connectivity index (χ3v) is 8.29. The number of fused-ring (bicyclic) bond motifs is 1. The van der Waals surface area contributed by atoms with Gasteiger partial charge in [-0.1, -0.05) is 35.2 Å². The number of thiazole rings is 2. The zero-order valence-electron chi connectivity index (χ0n) is 16.2. The smallest absolute Gasteiger partial charge is 0.271 e. The van der Waals surface area contributed by atoms with Crippen molar-refractivity contribution in [2.24, 2.45) is 0 Å². The number of thioether (sulfide) groups is 1. The molecular formula is C20H22ClN3OS3. The van der Waals surface area contributed by atoms with Crippen LogP contribution < -0.4 is 36.6 Å². The molecule has 1 aromatic carbocycles. The molecule has 0 atom stereocenters. The number of aromatic nitrogens is 2. The number of para-hydroxylation sites is 1. The van der Waals surface area contributed by atoms with Crippen LogP contribution in [0.4, 0.5) is 5.69 Å². The molecule has 0 bridgehead atoms. The van der Waals surface area contributed by atoms with Gasteiger partial charge in [-0.3, -0.25) is 9.36 Å². The van der Waals surface area contributed by atoms with Gasteiger partial charge in [0.15, 0.2) is 5.69 Å². The first kappa shape index (κ1) is 21.2. The predicted octanol–water partition coefficient (Wildman–Crippen LogP) is -0.252. The molecule has 148 valence electrons. The van der Waals surface area contributed by atoms with Crippen LogP contribution in [0, 0.1) is 6.92 Å². The van der Waals surface area contributed by atoms with Crippen molar-refractivity contribution in [1.82, 2.24) is 4.57 Å². The predicted molar refractivity (Wildman–Crippen MR) is 116 cm³/mol. The van der Waals surface area contributed by atoms with Gasteiger partial charge >= 0.3 is 0 Å². The highest BCUT2D eigenvalue weighted by Gasteiger charge is 2.24. The standard InChI is InChI=1S/C20H22N3OS3.ClH/c1-5-22-13(3)12-25-16(22)11-17-23(6-2)19(24)18(27-17)20-21(4)14-9-7-8-10-15(14)26-20;/h7-12H,5-6H2,1-4H3;1H/q+1;/p-1/b20-18-;. The number of hydrogen-bond donors (Lipinski definition) is 0. The molecule has 0 fully saturated rings. The van der Waals surface area contributed by atoms with Gasteiger partial charge in [-0.15, -0.1) is 11.3 Å². The van der Waals surface area contributed by atoms with Crippen LogP contribution in [-0.2, 0) is 13.1 Å². The molecule has 0 aliphatic carbocycles. The molecule has 0 saturated carbocycles. The summed E-state index contributed by atoms with van der Waals surface area (Å²) in [6.45, 7) is 7.92. The molecule has 3 heterocycles. The third-order valence-electron chi connectivity index (χ3n) is 4.77. The van der Waals surface area contributed by atoms with E-state index in [1.807, 2.05) is 30.7 Å². The Kier molecular flexibility index (Phi) is 6.39. The fraction of sp³-hybridized carbons (Fsp3) is 0.300. The first-order valence-corrected chi connectivity index (χ1v) is 11.5. The molecule has 2 aromatic heterocycles. The van der Waals surface area contributed by atoms with Crippen LogP contribution in [0.15, 0.2) is 39.3 Å². The Hall–Kier alpha value is -1.54. The van der Waals surface area contributed by atoms with Crippen LogP contribution in [0.1, 0.15) is 24.5 Å². The number of aryl methyl sites for hydroxylation is 1. The number of anilines is 1. The van der Waals surface area contributed by atoms with Crippen molar-refractivity contribution in [3.8, 4) is 0 Å². The second-order valence-electron chi connectivity index (χ2n) is 6.36. The molecule has 0 radical (unpaired) electrons. The van der Waals surface area contributed by atoms with E-state index in [2.05, 4.69) is 46.9 Å². The van der Waals surface area contributed by atoms with E-state index in [9.17, 15) is 4.79 Å². The van der Waals surface area contributed by atoms with Crippen LogP contribution in [0.5, 0.6) is 0 Å². The van der Waals surface area contributed by atoms with Crippen molar-refractivity contribution in [2.45, 2.75) is 38.8 Å². The van der Waals surface area contributed by atoms with E-state index in [4.69, 9.17) is 0 Å². The van der Waals surface area contributed by atoms with Crippen molar-refractivity contribution in [2.75, 3.05) is 11.9 Å². The number of benzene rings is 1. The second kappa shape index (κ2) is 8.45. The Morgan fingerprint density at radius 2 is 1.96 bits per heavy atom. The highest BCUT2D eigenvalue weighted by atomic mass is 35.5. The largest absolute Gasteiger partial charge is 1.00 e. The van der Waals surface area contributed by atoms with Crippen LogP contribution >= 0.6 is 34.4 Å². The van der Waals surface area contributed by atoms with E-state index < -0.39 is 0 Å². The summed E-state index contributed by atoms with van der Waals surface area (Å²) in [4.78, 5) is 16.5. The molecule has 0 unspecified atom stereocenters. The molecule has 0 N–H and O–H groups in total. The van der Waals surface area contributed by atoms with Crippen LogP contribution in [0.25, 0.3) is 11.1 Å². The van der Waals surface area contributed by atoms with Gasteiger partial charge in [0.1, 0.15) is 20.8 Å². The Labute approximate surface area is 182 Å². The molecule has 0 spiro atoms. The summed E-state index contributed by atoms with van der Waals surface area (Å²) in [6, 6.07) is 8.30. The van der Waals surface area contributed by atoms with E-state index in [1.165, 1.54) is 15.6 Å². The fourth-order valence-corrected chi connectivity index (χ4v) is 6.87. The van der Waals surface area contributed by atoms with E-state index >= 15 is 0 Å². The summed E-state index contributed by atoms with van der Waals surface area (Å²) in [7, 11) is 2.04. The Morgan fingerprint density at radius 1 is 1.21 bits per heavy atom. The molecule has 4 rings (SSSR count). The first-order chi connectivity index (χ1) is 13.0.